The average Bonchev–Trinajstić information content (AvgIpc) is 2.08. The third-order valence-electron chi connectivity index (χ3n) is 1.83. The van der Waals surface area contributed by atoms with Gasteiger partial charge in [0.05, 0.1) is 0 Å². The molecule has 1 saturated heterocycles. The first-order chi connectivity index (χ1) is 5.46. The topological polar surface area (TPSA) is 0 Å². The van der Waals surface area contributed by atoms with Crippen molar-refractivity contribution < 1.29 is 25.5 Å². The predicted octanol–water partition coefficient (Wildman–Crippen LogP) is 1.08. The van der Waals surface area contributed by atoms with E-state index >= 15 is 0 Å². The molecule has 4 unspecified atom stereocenters. The van der Waals surface area contributed by atoms with Gasteiger partial charge in [0.15, 0.2) is 18.5 Å². The van der Waals surface area contributed by atoms with Gasteiger partial charge in [0.2, 0.25) is 0 Å². The molecule has 1 aliphatic rings. The van der Waals surface area contributed by atoms with Crippen molar-refractivity contribution in [1.82, 2.24) is 0 Å². The van der Waals surface area contributed by atoms with Gasteiger partial charge < -0.3 is 3.52 Å². The van der Waals surface area contributed by atoms with Gasteiger partial charge in [0.25, 0.3) is 0 Å². The maximum absolute atomic E-state index is 12.4. The first kappa shape index (κ1) is 13.7. The minimum atomic E-state index is -4.26. The Morgan fingerprint density at radius 3 is 1.31 bits per heavy atom. The Balaban J connectivity index is 0.00000144. The van der Waals surface area contributed by atoms with Gasteiger partial charge in [-0.25, -0.2) is 13.2 Å². The molecule has 0 aliphatic carbocycles. The summed E-state index contributed by atoms with van der Waals surface area (Å²) in [7, 11) is 0. The van der Waals surface area contributed by atoms with Crippen molar-refractivity contribution in [3.8, 4) is 0 Å². The van der Waals surface area contributed by atoms with Crippen LogP contribution in [0.1, 0.15) is 0 Å². The molecule has 13 heavy (non-hydrogen) atoms. The fourth-order valence-electron chi connectivity index (χ4n) is 1.05. The van der Waals surface area contributed by atoms with E-state index in [-0.39, 0.29) is 18.9 Å². The molecule has 0 aromatic heterocycles. The van der Waals surface area contributed by atoms with Gasteiger partial charge in [0, 0.05) is 0 Å². The molecule has 1 fully saturated rings. The standard InChI is InChI=1S/C5H5F5.Al.FH.Li.H/c6-1-3(8)5(10)4(9)2-7;;;;/h1-5H;;1H;;/q;+1;;;/p-1. The Morgan fingerprint density at radius 1 is 0.692 bits per heavy atom. The fourth-order valence-corrected chi connectivity index (χ4v) is 2.53. The van der Waals surface area contributed by atoms with E-state index in [9.17, 15) is 25.5 Å². The van der Waals surface area contributed by atoms with Crippen LogP contribution in [0.2, 0.25) is 0 Å². The minimum absolute atomic E-state index is 0. The van der Waals surface area contributed by atoms with Crippen LogP contribution in [0.5, 0.6) is 0 Å². The second kappa shape index (κ2) is 4.98. The van der Waals surface area contributed by atoms with Crippen molar-refractivity contribution in [3.05, 3.63) is 0 Å². The van der Waals surface area contributed by atoms with Crippen LogP contribution in [0, 0.1) is 0 Å². The molecule has 0 radical (unpaired) electrons. The zero-order valence-electron chi connectivity index (χ0n) is 5.73. The van der Waals surface area contributed by atoms with Gasteiger partial charge >= 0.3 is 33.5 Å². The van der Waals surface area contributed by atoms with E-state index < -0.39 is 43.2 Å². The molecule has 1 heterocycles. The van der Waals surface area contributed by atoms with Crippen molar-refractivity contribution >= 4 is 33.5 Å². The molecular formula is C5H6AlF6Li. The predicted molar refractivity (Wildman–Crippen MR) is 38.5 cm³/mol. The Bertz CT molecular complexity index is 113. The molecule has 0 saturated carbocycles. The summed E-state index contributed by atoms with van der Waals surface area (Å²) in [6.07, 6.45) is -8.59. The first-order valence-corrected chi connectivity index (χ1v) is 5.08. The molecule has 0 aromatic rings. The van der Waals surface area contributed by atoms with Crippen LogP contribution in [0.4, 0.5) is 25.5 Å². The van der Waals surface area contributed by atoms with Crippen molar-refractivity contribution in [1.29, 1.82) is 0 Å². The molecule has 0 aromatic carbocycles. The molecular weight excluding hydrogens is 208 g/mol. The van der Waals surface area contributed by atoms with Crippen molar-refractivity contribution in [2.75, 3.05) is 0 Å². The molecule has 0 spiro atoms. The molecule has 0 amide bonds. The van der Waals surface area contributed by atoms with Crippen LogP contribution >= 0.6 is 0 Å². The number of alkyl halides is 5. The fraction of sp³-hybridized carbons (Fsp3) is 1.00. The van der Waals surface area contributed by atoms with Gasteiger partial charge in [-0.1, -0.05) is 0 Å². The summed E-state index contributed by atoms with van der Waals surface area (Å²) in [5.41, 5.74) is 0. The van der Waals surface area contributed by atoms with Gasteiger partial charge in [-0.05, 0) is 0 Å². The van der Waals surface area contributed by atoms with E-state index in [4.69, 9.17) is 0 Å². The van der Waals surface area contributed by atoms with Crippen molar-refractivity contribution in [3.63, 3.8) is 0 Å². The van der Waals surface area contributed by atoms with Crippen LogP contribution in [-0.4, -0.2) is 62.1 Å². The summed E-state index contributed by atoms with van der Waals surface area (Å²) in [4.78, 5) is 0. The summed E-state index contributed by atoms with van der Waals surface area (Å²) < 4.78 is 73.8. The molecule has 4 atom stereocenters. The average molecular weight is 214 g/mol. The molecule has 8 heteroatoms. The van der Waals surface area contributed by atoms with Crippen LogP contribution in [0.3, 0.4) is 0 Å². The molecule has 1 rings (SSSR count). The zero-order valence-corrected chi connectivity index (χ0v) is 6.89. The Kier molecular flexibility index (Phi) is 5.25. The van der Waals surface area contributed by atoms with E-state index in [1.165, 1.54) is 0 Å². The third-order valence-corrected chi connectivity index (χ3v) is 3.78. The third kappa shape index (κ3) is 2.39. The molecule has 1 aliphatic heterocycles. The van der Waals surface area contributed by atoms with Gasteiger partial charge in [-0.15, -0.1) is 0 Å². The second-order valence-corrected chi connectivity index (χ2v) is 4.83. The number of hydrogen-bond donors (Lipinski definition) is 0. The monoisotopic (exact) mass is 214 g/mol. The zero-order chi connectivity index (χ0) is 9.46. The van der Waals surface area contributed by atoms with E-state index in [0.717, 1.165) is 0 Å². The number of hydrogen-bond acceptors (Lipinski definition) is 0. The van der Waals surface area contributed by atoms with E-state index in [1.54, 1.807) is 0 Å². The van der Waals surface area contributed by atoms with E-state index in [0.29, 0.717) is 0 Å². The number of rotatable bonds is 0. The SMILES string of the molecule is FC1C(F)[CH](F)[Al]([F])[CH](F)C1F.[LiH]. The van der Waals surface area contributed by atoms with Crippen LogP contribution in [0.15, 0.2) is 0 Å². The summed E-state index contributed by atoms with van der Waals surface area (Å²) in [6.45, 7) is 0. The summed E-state index contributed by atoms with van der Waals surface area (Å²) >= 11 is -4.26. The van der Waals surface area contributed by atoms with Crippen LogP contribution < -0.4 is 0 Å². The van der Waals surface area contributed by atoms with Gasteiger partial charge in [-0.3, -0.25) is 8.78 Å². The summed E-state index contributed by atoms with van der Waals surface area (Å²) in [5.74, 6) is 0. The van der Waals surface area contributed by atoms with Gasteiger partial charge in [0.1, 0.15) is 10.1 Å². The quantitative estimate of drug-likeness (QED) is 0.418. The Morgan fingerprint density at radius 2 is 1.00 bits per heavy atom. The van der Waals surface area contributed by atoms with Crippen molar-refractivity contribution in [2.45, 2.75) is 28.6 Å². The second-order valence-electron chi connectivity index (χ2n) is 2.67. The molecule has 0 nitrogen and oxygen atoms in total. The maximum atomic E-state index is 12.4. The Labute approximate surface area is 87.7 Å². The summed E-state index contributed by atoms with van der Waals surface area (Å²) in [6, 6.07) is 0. The first-order valence-electron chi connectivity index (χ1n) is 3.31. The molecule has 0 N–H and O–H groups in total. The van der Waals surface area contributed by atoms with Crippen LogP contribution in [0.25, 0.3) is 0 Å². The van der Waals surface area contributed by atoms with E-state index in [1.807, 2.05) is 0 Å². The van der Waals surface area contributed by atoms with E-state index in [2.05, 4.69) is 0 Å². The number of halogens is 6. The normalized spacial score (nSPS) is 45.7. The molecule has 0 bridgehead atoms. The summed E-state index contributed by atoms with van der Waals surface area (Å²) in [5, 5.41) is -5.55. The Hall–Kier alpha value is 0.710. The van der Waals surface area contributed by atoms with Crippen molar-refractivity contribution in [2.24, 2.45) is 0 Å². The van der Waals surface area contributed by atoms with Crippen LogP contribution in [-0.2, 0) is 0 Å². The van der Waals surface area contributed by atoms with Gasteiger partial charge in [-0.2, -0.15) is 0 Å². The molecule has 72 valence electrons.